The Balaban J connectivity index is 2.00. The molecule has 2 N–H and O–H groups in total. The van der Waals surface area contributed by atoms with E-state index in [2.05, 4.69) is 15.4 Å². The summed E-state index contributed by atoms with van der Waals surface area (Å²) in [6.45, 7) is 5.28. The molecule has 1 amide bonds. The average Bonchev–Trinajstić information content (AvgIpc) is 2.90. The van der Waals surface area contributed by atoms with Crippen molar-refractivity contribution in [2.75, 3.05) is 0 Å². The number of amides is 1. The highest BCUT2D eigenvalue weighted by Gasteiger charge is 2.46. The molecule has 2 heterocycles. The number of carboxylic acids is 1. The monoisotopic (exact) mass is 376 g/mol. The van der Waals surface area contributed by atoms with Crippen LogP contribution in [-0.4, -0.2) is 37.3 Å². The van der Waals surface area contributed by atoms with Crippen LogP contribution in [-0.2, 0) is 11.8 Å². The Labute approximate surface area is 153 Å². The van der Waals surface area contributed by atoms with Gasteiger partial charge in [0.1, 0.15) is 15.4 Å². The number of hydrogen-bond donors (Lipinski definition) is 2. The number of carbonyl (C=O) groups excluding carboxylic acids is 1. The molecule has 26 heavy (non-hydrogen) atoms. The Morgan fingerprint density at radius 3 is 2.42 bits per heavy atom. The van der Waals surface area contributed by atoms with Gasteiger partial charge < -0.3 is 10.4 Å². The van der Waals surface area contributed by atoms with Crippen LogP contribution in [0.4, 0.5) is 0 Å². The fraction of sp³-hybridized carbons (Fsp3) is 0.471. The molecule has 8 nitrogen and oxygen atoms in total. The predicted molar refractivity (Wildman–Crippen MR) is 96.5 cm³/mol. The van der Waals surface area contributed by atoms with E-state index in [1.807, 2.05) is 0 Å². The van der Waals surface area contributed by atoms with E-state index in [-0.39, 0.29) is 5.56 Å². The van der Waals surface area contributed by atoms with Gasteiger partial charge in [-0.25, -0.2) is 14.5 Å². The maximum atomic E-state index is 12.6. The number of hydrogen-bond acceptors (Lipinski definition) is 6. The molecule has 9 heteroatoms. The van der Waals surface area contributed by atoms with Crippen LogP contribution in [0.2, 0.25) is 0 Å². The summed E-state index contributed by atoms with van der Waals surface area (Å²) in [6, 6.07) is 0. The van der Waals surface area contributed by atoms with Gasteiger partial charge in [-0.1, -0.05) is 0 Å². The second kappa shape index (κ2) is 6.31. The normalized spacial score (nSPS) is 15.4. The van der Waals surface area contributed by atoms with E-state index < -0.39 is 17.4 Å². The third-order valence-corrected chi connectivity index (χ3v) is 6.09. The van der Waals surface area contributed by atoms with Gasteiger partial charge in [-0.15, -0.1) is 11.3 Å². The Morgan fingerprint density at radius 2 is 1.88 bits per heavy atom. The average molecular weight is 376 g/mol. The molecule has 1 aliphatic carbocycles. The molecule has 0 radical (unpaired) electrons. The molecule has 3 rings (SSSR count). The highest BCUT2D eigenvalue weighted by molar-refractivity contribution is 7.17. The molecule has 1 aliphatic rings. The van der Waals surface area contributed by atoms with Gasteiger partial charge in [-0.05, 0) is 45.6 Å². The quantitative estimate of drug-likeness (QED) is 0.837. The molecule has 138 valence electrons. The number of nitrogens with one attached hydrogen (secondary N) is 1. The van der Waals surface area contributed by atoms with Crippen LogP contribution in [0.25, 0.3) is 10.6 Å². The van der Waals surface area contributed by atoms with Crippen molar-refractivity contribution in [2.45, 2.75) is 45.6 Å². The SMILES string of the molecule is Cc1nc(-c2c(C)c(C)nn(C)c2=O)sc1C(=O)NC1(C(=O)O)CCC1. The second-order valence-electron chi connectivity index (χ2n) is 6.64. The van der Waals surface area contributed by atoms with Crippen LogP contribution >= 0.6 is 11.3 Å². The summed E-state index contributed by atoms with van der Waals surface area (Å²) in [5, 5.41) is 16.6. The van der Waals surface area contributed by atoms with Gasteiger partial charge in [-0.2, -0.15) is 5.10 Å². The zero-order valence-electron chi connectivity index (χ0n) is 15.0. The summed E-state index contributed by atoms with van der Waals surface area (Å²) in [7, 11) is 1.57. The van der Waals surface area contributed by atoms with Gasteiger partial charge >= 0.3 is 5.97 Å². The fourth-order valence-corrected chi connectivity index (χ4v) is 4.07. The number of nitrogens with zero attached hydrogens (tertiary/aromatic N) is 3. The number of carbonyl (C=O) groups is 2. The minimum atomic E-state index is -1.19. The molecule has 1 saturated carbocycles. The van der Waals surface area contributed by atoms with Crippen molar-refractivity contribution < 1.29 is 14.7 Å². The van der Waals surface area contributed by atoms with Crippen molar-refractivity contribution in [1.29, 1.82) is 0 Å². The maximum absolute atomic E-state index is 12.6. The standard InChI is InChI=1S/C17H20N4O4S/c1-8-9(2)20-21(4)15(23)11(8)14-18-10(3)12(26-14)13(22)19-17(16(24)25)6-5-7-17/h5-7H2,1-4H3,(H,19,22)(H,24,25). The summed E-state index contributed by atoms with van der Waals surface area (Å²) >= 11 is 1.10. The first-order chi connectivity index (χ1) is 12.2. The smallest absolute Gasteiger partial charge is 0.329 e. The number of aryl methyl sites for hydroxylation is 3. The topological polar surface area (TPSA) is 114 Å². The molecule has 2 aromatic rings. The lowest BCUT2D eigenvalue weighted by Gasteiger charge is -2.38. The lowest BCUT2D eigenvalue weighted by atomic mass is 9.76. The largest absolute Gasteiger partial charge is 0.480 e. The van der Waals surface area contributed by atoms with E-state index in [0.29, 0.717) is 39.7 Å². The highest BCUT2D eigenvalue weighted by Crippen LogP contribution is 2.34. The van der Waals surface area contributed by atoms with E-state index in [0.717, 1.165) is 23.3 Å². The molecular weight excluding hydrogens is 356 g/mol. The number of aliphatic carboxylic acids is 1. The van der Waals surface area contributed by atoms with Crippen LogP contribution in [0, 0.1) is 20.8 Å². The Morgan fingerprint density at radius 1 is 1.23 bits per heavy atom. The molecule has 0 bridgehead atoms. The van der Waals surface area contributed by atoms with E-state index in [9.17, 15) is 19.5 Å². The van der Waals surface area contributed by atoms with Gasteiger partial charge in [0.2, 0.25) is 0 Å². The molecule has 0 unspecified atom stereocenters. The molecule has 0 saturated heterocycles. The predicted octanol–water partition coefficient (Wildman–Crippen LogP) is 1.57. The van der Waals surface area contributed by atoms with Crippen LogP contribution in [0.5, 0.6) is 0 Å². The van der Waals surface area contributed by atoms with Crippen molar-refractivity contribution in [2.24, 2.45) is 7.05 Å². The molecule has 2 aromatic heterocycles. The highest BCUT2D eigenvalue weighted by atomic mass is 32.1. The summed E-state index contributed by atoms with van der Waals surface area (Å²) in [6.07, 6.45) is 1.61. The van der Waals surface area contributed by atoms with Gasteiger partial charge in [0.25, 0.3) is 11.5 Å². The Hall–Kier alpha value is -2.55. The van der Waals surface area contributed by atoms with Gasteiger partial charge in [0.15, 0.2) is 0 Å². The summed E-state index contributed by atoms with van der Waals surface area (Å²) < 4.78 is 1.25. The van der Waals surface area contributed by atoms with Gasteiger partial charge in [0.05, 0.1) is 17.0 Å². The maximum Gasteiger partial charge on any atom is 0.329 e. The van der Waals surface area contributed by atoms with Crippen LogP contribution in [0.3, 0.4) is 0 Å². The first-order valence-corrected chi connectivity index (χ1v) is 9.06. The van der Waals surface area contributed by atoms with Crippen LogP contribution in [0.15, 0.2) is 4.79 Å². The summed E-state index contributed by atoms with van der Waals surface area (Å²) in [4.78, 5) is 41.3. The molecule has 0 spiro atoms. The summed E-state index contributed by atoms with van der Waals surface area (Å²) in [5.41, 5.74) is 0.847. The van der Waals surface area contributed by atoms with Crippen molar-refractivity contribution in [1.82, 2.24) is 20.1 Å². The van der Waals surface area contributed by atoms with Gasteiger partial charge in [-0.3, -0.25) is 9.59 Å². The van der Waals surface area contributed by atoms with Crippen molar-refractivity contribution in [3.05, 3.63) is 32.2 Å². The number of rotatable bonds is 4. The molecule has 1 fully saturated rings. The van der Waals surface area contributed by atoms with Crippen LogP contribution in [0.1, 0.15) is 45.9 Å². The third-order valence-electron chi connectivity index (χ3n) is 4.91. The number of aromatic nitrogens is 3. The van der Waals surface area contributed by atoms with E-state index in [1.165, 1.54) is 4.68 Å². The van der Waals surface area contributed by atoms with E-state index in [4.69, 9.17) is 0 Å². The first kappa shape index (κ1) is 18.2. The van der Waals surface area contributed by atoms with E-state index in [1.54, 1.807) is 27.8 Å². The minimum Gasteiger partial charge on any atom is -0.480 e. The molecule has 0 aliphatic heterocycles. The third kappa shape index (κ3) is 2.82. The van der Waals surface area contributed by atoms with Crippen LogP contribution < -0.4 is 10.9 Å². The molecule has 0 atom stereocenters. The van der Waals surface area contributed by atoms with Crippen molar-refractivity contribution >= 4 is 23.2 Å². The Bertz CT molecular complexity index is 972. The van der Waals surface area contributed by atoms with Gasteiger partial charge in [0, 0.05) is 7.05 Å². The lowest BCUT2D eigenvalue weighted by molar-refractivity contribution is -0.148. The van der Waals surface area contributed by atoms with E-state index >= 15 is 0 Å². The number of thiazole rings is 1. The molecule has 0 aromatic carbocycles. The second-order valence-corrected chi connectivity index (χ2v) is 7.64. The zero-order chi connectivity index (χ0) is 19.2. The first-order valence-electron chi connectivity index (χ1n) is 8.24. The zero-order valence-corrected chi connectivity index (χ0v) is 15.9. The minimum absolute atomic E-state index is 0.283. The number of carboxylic acid groups (broad SMARTS) is 1. The Kier molecular flexibility index (Phi) is 4.43. The fourth-order valence-electron chi connectivity index (χ4n) is 3.01. The lowest BCUT2D eigenvalue weighted by Crippen LogP contribution is -2.59. The molecular formula is C17H20N4O4S. The van der Waals surface area contributed by atoms with Crippen molar-refractivity contribution in [3.63, 3.8) is 0 Å². The van der Waals surface area contributed by atoms with Crippen molar-refractivity contribution in [3.8, 4) is 10.6 Å². The summed E-state index contributed by atoms with van der Waals surface area (Å²) in [5.74, 6) is -1.48.